The minimum absolute atomic E-state index is 0.0352. The molecule has 0 spiro atoms. The highest BCUT2D eigenvalue weighted by Crippen LogP contribution is 2.20. The van der Waals surface area contributed by atoms with E-state index < -0.39 is 0 Å². The number of hydrogen-bond donors (Lipinski definition) is 1. The Balaban J connectivity index is 1.36. The minimum Gasteiger partial charge on any atom is -0.497 e. The Morgan fingerprint density at radius 2 is 1.63 bits per heavy atom. The van der Waals surface area contributed by atoms with Gasteiger partial charge in [-0.25, -0.2) is 0 Å². The van der Waals surface area contributed by atoms with Crippen LogP contribution >= 0.6 is 0 Å². The van der Waals surface area contributed by atoms with E-state index in [9.17, 15) is 4.79 Å². The number of nitrogens with zero attached hydrogens (tertiary/aromatic N) is 2. The number of anilines is 1. The summed E-state index contributed by atoms with van der Waals surface area (Å²) in [6, 6.07) is 15.6. The molecule has 1 aliphatic heterocycles. The first-order chi connectivity index (χ1) is 14.7. The van der Waals surface area contributed by atoms with E-state index in [1.165, 1.54) is 5.69 Å². The molecule has 3 rings (SSSR count). The zero-order valence-corrected chi connectivity index (χ0v) is 18.1. The summed E-state index contributed by atoms with van der Waals surface area (Å²) in [5.74, 6) is 1.66. The number of benzene rings is 2. The number of piperazine rings is 1. The van der Waals surface area contributed by atoms with Crippen molar-refractivity contribution in [3.63, 3.8) is 0 Å². The molecule has 0 bridgehead atoms. The van der Waals surface area contributed by atoms with Crippen molar-refractivity contribution >= 4 is 11.6 Å². The predicted molar refractivity (Wildman–Crippen MR) is 121 cm³/mol. The van der Waals surface area contributed by atoms with Crippen molar-refractivity contribution in [3.05, 3.63) is 54.1 Å². The number of amides is 1. The first-order valence-electron chi connectivity index (χ1n) is 10.8. The Bertz CT molecular complexity index is 769. The molecule has 2 aromatic rings. The Labute approximate surface area is 179 Å². The zero-order valence-electron chi connectivity index (χ0n) is 18.1. The third-order valence-corrected chi connectivity index (χ3v) is 5.41. The summed E-state index contributed by atoms with van der Waals surface area (Å²) < 4.78 is 10.9. The van der Waals surface area contributed by atoms with Gasteiger partial charge in [0, 0.05) is 50.5 Å². The van der Waals surface area contributed by atoms with Crippen LogP contribution in [0.1, 0.15) is 30.1 Å². The van der Waals surface area contributed by atoms with E-state index in [1.807, 2.05) is 36.4 Å². The summed E-state index contributed by atoms with van der Waals surface area (Å²) in [4.78, 5) is 17.1. The maximum atomic E-state index is 12.4. The van der Waals surface area contributed by atoms with E-state index in [-0.39, 0.29) is 5.91 Å². The van der Waals surface area contributed by atoms with Gasteiger partial charge in [-0.1, -0.05) is 13.3 Å². The summed E-state index contributed by atoms with van der Waals surface area (Å²) in [5, 5.41) is 3.02. The molecule has 1 saturated heterocycles. The first kappa shape index (κ1) is 22.0. The van der Waals surface area contributed by atoms with E-state index in [0.29, 0.717) is 18.7 Å². The lowest BCUT2D eigenvalue weighted by molar-refractivity contribution is 0.0947. The Hall–Kier alpha value is -2.73. The Morgan fingerprint density at radius 1 is 0.967 bits per heavy atom. The average molecular weight is 412 g/mol. The quantitative estimate of drug-likeness (QED) is 0.607. The Kier molecular flexibility index (Phi) is 8.39. The van der Waals surface area contributed by atoms with Crippen LogP contribution in [0.25, 0.3) is 0 Å². The van der Waals surface area contributed by atoms with Gasteiger partial charge in [-0.3, -0.25) is 9.69 Å². The van der Waals surface area contributed by atoms with Gasteiger partial charge in [0.2, 0.25) is 0 Å². The lowest BCUT2D eigenvalue weighted by atomic mass is 10.2. The fourth-order valence-electron chi connectivity index (χ4n) is 3.49. The molecule has 2 aromatic carbocycles. The van der Waals surface area contributed by atoms with Gasteiger partial charge in [-0.15, -0.1) is 0 Å². The molecule has 0 saturated carbocycles. The number of rotatable bonds is 10. The van der Waals surface area contributed by atoms with Gasteiger partial charge in [0.15, 0.2) is 0 Å². The van der Waals surface area contributed by atoms with Crippen LogP contribution in [-0.2, 0) is 0 Å². The van der Waals surface area contributed by atoms with Crippen molar-refractivity contribution < 1.29 is 14.3 Å². The summed E-state index contributed by atoms with van der Waals surface area (Å²) in [6.07, 6.45) is 2.15. The molecule has 6 heteroatoms. The van der Waals surface area contributed by atoms with Crippen LogP contribution in [0.4, 0.5) is 5.69 Å². The highest BCUT2D eigenvalue weighted by atomic mass is 16.5. The molecule has 1 heterocycles. The van der Waals surface area contributed by atoms with Gasteiger partial charge in [-0.2, -0.15) is 0 Å². The fourth-order valence-corrected chi connectivity index (χ4v) is 3.49. The smallest absolute Gasteiger partial charge is 0.251 e. The number of ether oxygens (including phenoxy) is 2. The maximum Gasteiger partial charge on any atom is 0.251 e. The molecule has 0 radical (unpaired) electrons. The monoisotopic (exact) mass is 411 g/mol. The molecule has 0 unspecified atom stereocenters. The van der Waals surface area contributed by atoms with Crippen molar-refractivity contribution in [2.45, 2.75) is 19.8 Å². The molecule has 0 aromatic heterocycles. The van der Waals surface area contributed by atoms with Crippen LogP contribution in [0, 0.1) is 0 Å². The van der Waals surface area contributed by atoms with E-state index in [1.54, 1.807) is 7.11 Å². The SMILES string of the molecule is CCCCOc1ccc(C(=O)NCCN2CCN(c3ccc(OC)cc3)CC2)cc1. The van der Waals surface area contributed by atoms with Crippen LogP contribution in [0.3, 0.4) is 0 Å². The topological polar surface area (TPSA) is 54.0 Å². The number of nitrogens with one attached hydrogen (secondary N) is 1. The highest BCUT2D eigenvalue weighted by Gasteiger charge is 2.17. The lowest BCUT2D eigenvalue weighted by Crippen LogP contribution is -2.48. The van der Waals surface area contributed by atoms with Crippen LogP contribution in [-0.4, -0.2) is 63.8 Å². The summed E-state index contributed by atoms with van der Waals surface area (Å²) >= 11 is 0. The van der Waals surface area contributed by atoms with Gasteiger partial charge in [0.1, 0.15) is 11.5 Å². The number of methoxy groups -OCH3 is 1. The molecule has 1 aliphatic rings. The molecule has 0 atom stereocenters. The lowest BCUT2D eigenvalue weighted by Gasteiger charge is -2.36. The minimum atomic E-state index is -0.0352. The summed E-state index contributed by atoms with van der Waals surface area (Å²) in [5.41, 5.74) is 1.90. The second-order valence-corrected chi connectivity index (χ2v) is 7.51. The van der Waals surface area contributed by atoms with Gasteiger partial charge in [0.05, 0.1) is 13.7 Å². The molecular formula is C24H33N3O3. The van der Waals surface area contributed by atoms with E-state index >= 15 is 0 Å². The predicted octanol–water partition coefficient (Wildman–Crippen LogP) is 3.43. The van der Waals surface area contributed by atoms with Crippen molar-refractivity contribution in [3.8, 4) is 11.5 Å². The van der Waals surface area contributed by atoms with Crippen LogP contribution < -0.4 is 19.7 Å². The molecule has 1 fully saturated rings. The number of carbonyl (C=O) groups is 1. The molecule has 6 nitrogen and oxygen atoms in total. The molecule has 1 amide bonds. The van der Waals surface area contributed by atoms with Crippen molar-refractivity contribution in [1.29, 1.82) is 0 Å². The third kappa shape index (κ3) is 6.39. The van der Waals surface area contributed by atoms with Gasteiger partial charge >= 0.3 is 0 Å². The van der Waals surface area contributed by atoms with Crippen molar-refractivity contribution in [2.75, 3.05) is 57.9 Å². The van der Waals surface area contributed by atoms with Crippen LogP contribution in [0.5, 0.6) is 11.5 Å². The second-order valence-electron chi connectivity index (χ2n) is 7.51. The molecule has 162 valence electrons. The first-order valence-corrected chi connectivity index (χ1v) is 10.8. The van der Waals surface area contributed by atoms with Crippen LogP contribution in [0.15, 0.2) is 48.5 Å². The molecule has 0 aliphatic carbocycles. The molecular weight excluding hydrogens is 378 g/mol. The second kappa shape index (κ2) is 11.5. The Morgan fingerprint density at radius 3 is 2.27 bits per heavy atom. The van der Waals surface area contributed by atoms with E-state index in [4.69, 9.17) is 9.47 Å². The number of unbranched alkanes of at least 4 members (excludes halogenated alkanes) is 1. The maximum absolute atomic E-state index is 12.4. The normalized spacial score (nSPS) is 14.4. The molecule has 30 heavy (non-hydrogen) atoms. The van der Waals surface area contributed by atoms with E-state index in [2.05, 4.69) is 34.2 Å². The van der Waals surface area contributed by atoms with E-state index in [0.717, 1.165) is 57.1 Å². The number of carbonyl (C=O) groups excluding carboxylic acids is 1. The third-order valence-electron chi connectivity index (χ3n) is 5.41. The molecule has 1 N–H and O–H groups in total. The summed E-state index contributed by atoms with van der Waals surface area (Å²) in [7, 11) is 1.69. The number of hydrogen-bond acceptors (Lipinski definition) is 5. The zero-order chi connectivity index (χ0) is 21.2. The standard InChI is InChI=1S/C24H33N3O3/c1-3-4-19-30-23-9-5-20(6-10-23)24(28)25-13-14-26-15-17-27(18-16-26)21-7-11-22(29-2)12-8-21/h5-12H,3-4,13-19H2,1-2H3,(H,25,28). The largest absolute Gasteiger partial charge is 0.497 e. The van der Waals surface area contributed by atoms with Gasteiger partial charge in [-0.05, 0) is 55.0 Å². The van der Waals surface area contributed by atoms with Crippen molar-refractivity contribution in [2.24, 2.45) is 0 Å². The van der Waals surface area contributed by atoms with Gasteiger partial charge < -0.3 is 19.7 Å². The fraction of sp³-hybridized carbons (Fsp3) is 0.458. The highest BCUT2D eigenvalue weighted by molar-refractivity contribution is 5.94. The van der Waals surface area contributed by atoms with Crippen molar-refractivity contribution in [1.82, 2.24) is 10.2 Å². The van der Waals surface area contributed by atoms with Crippen LogP contribution in [0.2, 0.25) is 0 Å². The van der Waals surface area contributed by atoms with Gasteiger partial charge in [0.25, 0.3) is 5.91 Å². The summed E-state index contributed by atoms with van der Waals surface area (Å²) in [6.45, 7) is 8.32. The average Bonchev–Trinajstić information content (AvgIpc) is 2.80.